The van der Waals surface area contributed by atoms with E-state index in [0.29, 0.717) is 0 Å². The van der Waals surface area contributed by atoms with Crippen LogP contribution < -0.4 is 5.32 Å². The van der Waals surface area contributed by atoms with Gasteiger partial charge in [-0.25, -0.2) is 4.79 Å². The monoisotopic (exact) mass is 215 g/mol. The highest BCUT2D eigenvalue weighted by atomic mass is 16.6. The van der Waals surface area contributed by atoms with Crippen molar-refractivity contribution in [2.75, 3.05) is 0 Å². The van der Waals surface area contributed by atoms with Crippen molar-refractivity contribution in [2.24, 2.45) is 0 Å². The second kappa shape index (κ2) is 5.05. The molecule has 0 saturated heterocycles. The summed E-state index contributed by atoms with van der Waals surface area (Å²) in [5.74, 6) is 0.167. The molecule has 0 fully saturated rings. The minimum absolute atomic E-state index is 0.167. The van der Waals surface area contributed by atoms with E-state index >= 15 is 0 Å². The van der Waals surface area contributed by atoms with Crippen LogP contribution in [0, 0.1) is 0 Å². The van der Waals surface area contributed by atoms with Crippen LogP contribution in [0.3, 0.4) is 0 Å². The maximum absolute atomic E-state index is 11.3. The fourth-order valence-corrected chi connectivity index (χ4v) is 0.986. The number of ether oxygens (including phenoxy) is 1. The number of carbonyl (C=O) groups is 1. The lowest BCUT2D eigenvalue weighted by atomic mass is 10.2. The molecule has 4 heteroatoms. The van der Waals surface area contributed by atoms with E-state index < -0.39 is 17.7 Å². The van der Waals surface area contributed by atoms with Gasteiger partial charge in [0.15, 0.2) is 0 Å². The van der Waals surface area contributed by atoms with Crippen LogP contribution in [0.5, 0.6) is 0 Å². The summed E-state index contributed by atoms with van der Waals surface area (Å²) in [5, 5.41) is 12.1. The van der Waals surface area contributed by atoms with Crippen molar-refractivity contribution in [1.29, 1.82) is 0 Å². The van der Waals surface area contributed by atoms with E-state index in [4.69, 9.17) is 4.74 Å². The normalized spacial score (nSPS) is 12.9. The summed E-state index contributed by atoms with van der Waals surface area (Å²) in [6.07, 6.45) is -0.525. The number of hydrogen-bond donors (Lipinski definition) is 2. The van der Waals surface area contributed by atoms with Gasteiger partial charge in [0.05, 0.1) is 6.04 Å². The Labute approximate surface area is 91.3 Å². The molecule has 0 heterocycles. The second-order valence-corrected chi connectivity index (χ2v) is 4.75. The maximum Gasteiger partial charge on any atom is 0.408 e. The fraction of sp³-hybridized carbons (Fsp3) is 0.727. The molecule has 1 unspecified atom stereocenters. The van der Waals surface area contributed by atoms with Gasteiger partial charge in [0, 0.05) is 0 Å². The summed E-state index contributed by atoms with van der Waals surface area (Å²) in [6.45, 7) is 10.6. The van der Waals surface area contributed by atoms with E-state index in [-0.39, 0.29) is 5.76 Å². The summed E-state index contributed by atoms with van der Waals surface area (Å²) in [6, 6.07) is -0.426. The lowest BCUT2D eigenvalue weighted by Crippen LogP contribution is -2.38. The van der Waals surface area contributed by atoms with Gasteiger partial charge in [0.25, 0.3) is 0 Å². The number of nitrogens with one attached hydrogen (secondary N) is 1. The van der Waals surface area contributed by atoms with Crippen molar-refractivity contribution in [3.63, 3.8) is 0 Å². The Morgan fingerprint density at radius 1 is 1.33 bits per heavy atom. The Hall–Kier alpha value is -1.19. The van der Waals surface area contributed by atoms with Crippen molar-refractivity contribution in [1.82, 2.24) is 5.32 Å². The summed E-state index contributed by atoms with van der Waals surface area (Å²) in [4.78, 5) is 11.3. The van der Waals surface area contributed by atoms with E-state index in [2.05, 4.69) is 5.32 Å². The van der Waals surface area contributed by atoms with Crippen molar-refractivity contribution in [3.8, 4) is 0 Å². The second-order valence-electron chi connectivity index (χ2n) is 4.75. The van der Waals surface area contributed by atoms with Crippen molar-refractivity contribution >= 4 is 6.09 Å². The van der Waals surface area contributed by atoms with Crippen molar-refractivity contribution in [2.45, 2.75) is 53.2 Å². The lowest BCUT2D eigenvalue weighted by molar-refractivity contribution is 0.0505. The summed E-state index contributed by atoms with van der Waals surface area (Å²) >= 11 is 0. The summed E-state index contributed by atoms with van der Waals surface area (Å²) in [7, 11) is 0. The molecule has 0 bridgehead atoms. The number of allylic oxidation sites excluding steroid dienone is 1. The number of carbonyl (C=O) groups excluding carboxylic acids is 1. The SMILES string of the molecule is CC(C)=C(O)C(C)NC(=O)OC(C)(C)C. The van der Waals surface area contributed by atoms with E-state index in [1.54, 1.807) is 41.5 Å². The van der Waals surface area contributed by atoms with Crippen molar-refractivity contribution in [3.05, 3.63) is 11.3 Å². The standard InChI is InChI=1S/C11H21NO3/c1-7(2)9(13)8(3)12-10(14)15-11(4,5)6/h8,13H,1-6H3,(H,12,14). The van der Waals surface area contributed by atoms with Crippen molar-refractivity contribution < 1.29 is 14.6 Å². The van der Waals surface area contributed by atoms with E-state index in [9.17, 15) is 9.90 Å². The molecule has 0 rings (SSSR count). The Bertz CT molecular complexity index is 259. The quantitative estimate of drug-likeness (QED) is 0.696. The zero-order chi connectivity index (χ0) is 12.2. The highest BCUT2D eigenvalue weighted by Gasteiger charge is 2.19. The summed E-state index contributed by atoms with van der Waals surface area (Å²) < 4.78 is 5.05. The zero-order valence-corrected chi connectivity index (χ0v) is 10.3. The van der Waals surface area contributed by atoms with Crippen LogP contribution in [-0.2, 0) is 4.74 Å². The number of aliphatic hydroxyl groups is 1. The molecule has 15 heavy (non-hydrogen) atoms. The molecule has 0 aromatic rings. The lowest BCUT2D eigenvalue weighted by Gasteiger charge is -2.22. The predicted octanol–water partition coefficient (Wildman–Crippen LogP) is 2.75. The molecule has 0 aromatic carbocycles. The van der Waals surface area contributed by atoms with Gasteiger partial charge in [-0.15, -0.1) is 0 Å². The molecule has 0 spiro atoms. The van der Waals surface area contributed by atoms with Gasteiger partial charge in [-0.2, -0.15) is 0 Å². The van der Waals surface area contributed by atoms with Crippen LogP contribution in [0.15, 0.2) is 11.3 Å². The number of aliphatic hydroxyl groups excluding tert-OH is 1. The zero-order valence-electron chi connectivity index (χ0n) is 10.3. The Kier molecular flexibility index (Phi) is 4.65. The van der Waals surface area contributed by atoms with Crippen LogP contribution in [-0.4, -0.2) is 22.8 Å². The van der Waals surface area contributed by atoms with E-state index in [0.717, 1.165) is 5.57 Å². The van der Waals surface area contributed by atoms with Gasteiger partial charge in [-0.05, 0) is 47.1 Å². The van der Waals surface area contributed by atoms with Crippen LogP contribution >= 0.6 is 0 Å². The third kappa shape index (κ3) is 5.99. The number of rotatable bonds is 2. The van der Waals surface area contributed by atoms with Gasteiger partial charge in [0.1, 0.15) is 11.4 Å². The molecule has 0 aliphatic rings. The van der Waals surface area contributed by atoms with Crippen LogP contribution in [0.2, 0.25) is 0 Å². The Morgan fingerprint density at radius 3 is 2.13 bits per heavy atom. The largest absolute Gasteiger partial charge is 0.510 e. The molecule has 88 valence electrons. The molecule has 1 amide bonds. The highest BCUT2D eigenvalue weighted by Crippen LogP contribution is 2.09. The number of alkyl carbamates (subject to hydrolysis) is 1. The molecule has 0 aromatic heterocycles. The Balaban J connectivity index is 4.27. The molecular weight excluding hydrogens is 194 g/mol. The number of amides is 1. The van der Waals surface area contributed by atoms with Gasteiger partial charge in [0.2, 0.25) is 0 Å². The van der Waals surface area contributed by atoms with E-state index in [1.807, 2.05) is 0 Å². The molecule has 1 atom stereocenters. The minimum atomic E-state index is -0.525. The molecular formula is C11H21NO3. The topological polar surface area (TPSA) is 58.6 Å². The van der Waals surface area contributed by atoms with Gasteiger partial charge in [-0.3, -0.25) is 0 Å². The first-order valence-corrected chi connectivity index (χ1v) is 4.99. The van der Waals surface area contributed by atoms with Crippen LogP contribution in [0.1, 0.15) is 41.5 Å². The maximum atomic E-state index is 11.3. The van der Waals surface area contributed by atoms with Gasteiger partial charge < -0.3 is 15.2 Å². The van der Waals surface area contributed by atoms with Crippen LogP contribution in [0.4, 0.5) is 4.79 Å². The third-order valence-corrected chi connectivity index (χ3v) is 1.66. The first-order chi connectivity index (χ1) is 6.63. The molecule has 2 N–H and O–H groups in total. The average Bonchev–Trinajstić information content (AvgIpc) is 1.98. The van der Waals surface area contributed by atoms with Gasteiger partial charge >= 0.3 is 6.09 Å². The fourth-order valence-electron chi connectivity index (χ4n) is 0.986. The predicted molar refractivity (Wildman–Crippen MR) is 59.8 cm³/mol. The molecule has 0 radical (unpaired) electrons. The van der Waals surface area contributed by atoms with Gasteiger partial charge in [-0.1, -0.05) is 0 Å². The third-order valence-electron chi connectivity index (χ3n) is 1.66. The van der Waals surface area contributed by atoms with Crippen LogP contribution in [0.25, 0.3) is 0 Å². The highest BCUT2D eigenvalue weighted by molar-refractivity contribution is 5.68. The molecule has 4 nitrogen and oxygen atoms in total. The molecule has 0 aliphatic heterocycles. The Morgan fingerprint density at radius 2 is 1.80 bits per heavy atom. The number of hydrogen-bond acceptors (Lipinski definition) is 3. The molecule has 0 saturated carbocycles. The van der Waals surface area contributed by atoms with E-state index in [1.165, 1.54) is 0 Å². The smallest absolute Gasteiger partial charge is 0.408 e. The summed E-state index contributed by atoms with van der Waals surface area (Å²) in [5.41, 5.74) is 0.253. The first kappa shape index (κ1) is 13.8. The average molecular weight is 215 g/mol. The molecule has 0 aliphatic carbocycles. The first-order valence-electron chi connectivity index (χ1n) is 4.99. The minimum Gasteiger partial charge on any atom is -0.510 e.